The molecule has 0 aliphatic rings. The number of thiophene rings is 1. The highest BCUT2D eigenvalue weighted by molar-refractivity contribution is 7.19. The van der Waals surface area contributed by atoms with Gasteiger partial charge in [0.05, 0.1) is 23.2 Å². The monoisotopic (exact) mass is 386 g/mol. The Morgan fingerprint density at radius 2 is 1.89 bits per heavy atom. The second-order valence-corrected chi connectivity index (χ2v) is 7.38. The van der Waals surface area contributed by atoms with E-state index in [0.29, 0.717) is 18.0 Å². The Kier molecular flexibility index (Phi) is 4.92. The van der Waals surface area contributed by atoms with E-state index in [1.807, 2.05) is 37.3 Å². The molecule has 0 unspecified atom stereocenters. The summed E-state index contributed by atoms with van der Waals surface area (Å²) in [6.45, 7) is 4.70. The Morgan fingerprint density at radius 3 is 2.64 bits per heavy atom. The van der Waals surface area contributed by atoms with Crippen LogP contribution >= 0.6 is 11.3 Å². The lowest BCUT2D eigenvalue weighted by Crippen LogP contribution is -1.97. The fraction of sp³-hybridized carbons (Fsp3) is 0.136. The number of aryl methyl sites for hydroxylation is 1. The van der Waals surface area contributed by atoms with Crippen LogP contribution < -0.4 is 10.1 Å². The summed E-state index contributed by atoms with van der Waals surface area (Å²) in [5.74, 6) is 1.54. The maximum absolute atomic E-state index is 9.38. The van der Waals surface area contributed by atoms with E-state index in [2.05, 4.69) is 40.4 Å². The van der Waals surface area contributed by atoms with Crippen LogP contribution in [0.15, 0.2) is 54.9 Å². The second kappa shape index (κ2) is 7.67. The minimum Gasteiger partial charge on any atom is -0.494 e. The van der Waals surface area contributed by atoms with Crippen molar-refractivity contribution < 1.29 is 4.74 Å². The predicted molar refractivity (Wildman–Crippen MR) is 113 cm³/mol. The molecule has 0 aliphatic heterocycles. The molecular formula is C22H18N4OS. The van der Waals surface area contributed by atoms with Crippen molar-refractivity contribution >= 4 is 33.1 Å². The van der Waals surface area contributed by atoms with E-state index in [9.17, 15) is 5.26 Å². The molecule has 0 amide bonds. The number of nitrogens with one attached hydrogen (secondary N) is 1. The van der Waals surface area contributed by atoms with Crippen LogP contribution in [0, 0.1) is 18.3 Å². The van der Waals surface area contributed by atoms with Crippen LogP contribution in [0.1, 0.15) is 17.4 Å². The maximum atomic E-state index is 9.38. The molecule has 28 heavy (non-hydrogen) atoms. The Morgan fingerprint density at radius 1 is 1.11 bits per heavy atom. The molecule has 0 aliphatic carbocycles. The number of rotatable bonds is 5. The Bertz CT molecular complexity index is 1180. The van der Waals surface area contributed by atoms with Gasteiger partial charge in [0.25, 0.3) is 0 Å². The van der Waals surface area contributed by atoms with E-state index in [-0.39, 0.29) is 0 Å². The summed E-state index contributed by atoms with van der Waals surface area (Å²) >= 11 is 1.64. The summed E-state index contributed by atoms with van der Waals surface area (Å²) in [6.07, 6.45) is 1.55. The van der Waals surface area contributed by atoms with Crippen molar-refractivity contribution in [3.8, 4) is 22.9 Å². The van der Waals surface area contributed by atoms with Crippen molar-refractivity contribution in [2.75, 3.05) is 11.9 Å². The quantitative estimate of drug-likeness (QED) is 0.478. The van der Waals surface area contributed by atoms with E-state index in [1.54, 1.807) is 23.7 Å². The molecule has 2 aromatic heterocycles. The molecule has 4 aromatic rings. The molecule has 2 heterocycles. The average molecular weight is 386 g/mol. The maximum Gasteiger partial charge on any atom is 0.143 e. The lowest BCUT2D eigenvalue weighted by molar-refractivity contribution is 0.340. The van der Waals surface area contributed by atoms with Gasteiger partial charge in [0.15, 0.2) is 0 Å². The molecule has 0 atom stereocenters. The zero-order valence-corrected chi connectivity index (χ0v) is 16.4. The summed E-state index contributed by atoms with van der Waals surface area (Å²) in [6, 6.07) is 17.7. The number of aromatic nitrogens is 2. The van der Waals surface area contributed by atoms with Gasteiger partial charge in [-0.25, -0.2) is 9.97 Å². The number of para-hydroxylation sites is 1. The van der Waals surface area contributed by atoms with Gasteiger partial charge in [-0.2, -0.15) is 5.26 Å². The first kappa shape index (κ1) is 18.0. The largest absolute Gasteiger partial charge is 0.494 e. The van der Waals surface area contributed by atoms with Crippen molar-refractivity contribution in [1.82, 2.24) is 9.97 Å². The SMILES string of the molecule is CCOc1ccc(-c2c(C)sc3ncnc(Nc4ccccc4C#N)c23)cc1. The first-order chi connectivity index (χ1) is 13.7. The molecule has 0 spiro atoms. The third kappa shape index (κ3) is 3.28. The molecule has 0 saturated heterocycles. The van der Waals surface area contributed by atoms with Gasteiger partial charge in [0, 0.05) is 10.4 Å². The summed E-state index contributed by atoms with van der Waals surface area (Å²) in [7, 11) is 0. The standard InChI is InChI=1S/C22H18N4OS/c1-3-27-17-10-8-15(9-11-17)19-14(2)28-22-20(19)21(24-13-25-22)26-18-7-5-4-6-16(18)12-23/h4-11,13H,3H2,1-2H3,(H,24,25,26). The van der Waals surface area contributed by atoms with Crippen LogP contribution in [0.2, 0.25) is 0 Å². The number of benzene rings is 2. The second-order valence-electron chi connectivity index (χ2n) is 6.18. The van der Waals surface area contributed by atoms with Gasteiger partial charge in [0.2, 0.25) is 0 Å². The summed E-state index contributed by atoms with van der Waals surface area (Å²) in [4.78, 5) is 11.0. The third-order valence-corrected chi connectivity index (χ3v) is 5.43. The first-order valence-corrected chi connectivity index (χ1v) is 9.76. The van der Waals surface area contributed by atoms with Crippen LogP contribution in [0.4, 0.5) is 11.5 Å². The van der Waals surface area contributed by atoms with Gasteiger partial charge in [-0.05, 0) is 43.7 Å². The molecule has 1 N–H and O–H groups in total. The molecule has 0 saturated carbocycles. The fourth-order valence-electron chi connectivity index (χ4n) is 3.19. The van der Waals surface area contributed by atoms with Crippen LogP contribution in [-0.4, -0.2) is 16.6 Å². The van der Waals surface area contributed by atoms with Crippen LogP contribution in [0.5, 0.6) is 5.75 Å². The number of anilines is 2. The molecule has 0 bridgehead atoms. The highest BCUT2D eigenvalue weighted by Crippen LogP contribution is 2.41. The van der Waals surface area contributed by atoms with Gasteiger partial charge < -0.3 is 10.1 Å². The van der Waals surface area contributed by atoms with E-state index in [4.69, 9.17) is 4.74 Å². The smallest absolute Gasteiger partial charge is 0.143 e. The van der Waals surface area contributed by atoms with Crippen molar-refractivity contribution in [2.45, 2.75) is 13.8 Å². The number of ether oxygens (including phenoxy) is 1. The molecule has 138 valence electrons. The Hall–Kier alpha value is -3.43. The normalized spacial score (nSPS) is 10.6. The summed E-state index contributed by atoms with van der Waals surface area (Å²) < 4.78 is 5.56. The highest BCUT2D eigenvalue weighted by Gasteiger charge is 2.17. The number of fused-ring (bicyclic) bond motifs is 1. The van der Waals surface area contributed by atoms with Gasteiger partial charge in [-0.1, -0.05) is 24.3 Å². The van der Waals surface area contributed by atoms with Gasteiger partial charge in [0.1, 0.15) is 28.8 Å². The highest BCUT2D eigenvalue weighted by atomic mass is 32.1. The first-order valence-electron chi connectivity index (χ1n) is 8.94. The fourth-order valence-corrected chi connectivity index (χ4v) is 4.20. The molecule has 2 aromatic carbocycles. The molecule has 5 nitrogen and oxygen atoms in total. The van der Waals surface area contributed by atoms with Crippen LogP contribution in [0.3, 0.4) is 0 Å². The van der Waals surface area contributed by atoms with Gasteiger partial charge in [-0.15, -0.1) is 11.3 Å². The van der Waals surface area contributed by atoms with Gasteiger partial charge >= 0.3 is 0 Å². The van der Waals surface area contributed by atoms with E-state index >= 15 is 0 Å². The zero-order valence-electron chi connectivity index (χ0n) is 15.6. The molecule has 0 fully saturated rings. The van der Waals surface area contributed by atoms with E-state index < -0.39 is 0 Å². The summed E-state index contributed by atoms with van der Waals surface area (Å²) in [5.41, 5.74) is 3.48. The third-order valence-electron chi connectivity index (χ3n) is 4.42. The van der Waals surface area contributed by atoms with E-state index in [1.165, 1.54) is 0 Å². The predicted octanol–water partition coefficient (Wildman–Crippen LogP) is 5.68. The minimum atomic E-state index is 0.573. The van der Waals surface area contributed by atoms with E-state index in [0.717, 1.165) is 37.7 Å². The van der Waals surface area contributed by atoms with Crippen molar-refractivity contribution in [1.29, 1.82) is 5.26 Å². The Labute approximate surface area is 167 Å². The number of nitriles is 1. The summed E-state index contributed by atoms with van der Waals surface area (Å²) in [5, 5.41) is 13.7. The minimum absolute atomic E-state index is 0.573. The van der Waals surface area contributed by atoms with Crippen molar-refractivity contribution in [3.63, 3.8) is 0 Å². The molecule has 6 heteroatoms. The lowest BCUT2D eigenvalue weighted by atomic mass is 10.0. The van der Waals surface area contributed by atoms with Crippen LogP contribution in [-0.2, 0) is 0 Å². The lowest BCUT2D eigenvalue weighted by Gasteiger charge is -2.10. The number of nitrogens with zero attached hydrogens (tertiary/aromatic N) is 3. The van der Waals surface area contributed by atoms with Gasteiger partial charge in [-0.3, -0.25) is 0 Å². The zero-order chi connectivity index (χ0) is 19.5. The number of hydrogen-bond acceptors (Lipinski definition) is 6. The topological polar surface area (TPSA) is 70.8 Å². The molecule has 0 radical (unpaired) electrons. The van der Waals surface area contributed by atoms with Crippen LogP contribution in [0.25, 0.3) is 21.3 Å². The molecule has 4 rings (SSSR count). The van der Waals surface area contributed by atoms with Crippen molar-refractivity contribution in [2.24, 2.45) is 0 Å². The average Bonchev–Trinajstić information content (AvgIpc) is 3.06. The molecular weight excluding hydrogens is 368 g/mol. The number of hydrogen-bond donors (Lipinski definition) is 1. The Balaban J connectivity index is 1.84. The van der Waals surface area contributed by atoms with Crippen molar-refractivity contribution in [3.05, 3.63) is 65.3 Å².